The normalized spacial score (nSPS) is 15.5. The van der Waals surface area contributed by atoms with Crippen molar-refractivity contribution in [3.8, 4) is 0 Å². The highest BCUT2D eigenvalue weighted by Gasteiger charge is 2.38. The van der Waals surface area contributed by atoms with E-state index in [4.69, 9.17) is 4.43 Å². The second-order valence-electron chi connectivity index (χ2n) is 8.69. The van der Waals surface area contributed by atoms with Crippen LogP contribution in [0.1, 0.15) is 58.4 Å². The zero-order valence-electron chi connectivity index (χ0n) is 17.2. The molecule has 0 bridgehead atoms. The van der Waals surface area contributed by atoms with Gasteiger partial charge in [-0.25, -0.2) is 0 Å². The molecule has 0 saturated carbocycles. The molecule has 1 aromatic carbocycles. The van der Waals surface area contributed by atoms with Crippen LogP contribution in [0.15, 0.2) is 36.4 Å². The van der Waals surface area contributed by atoms with Gasteiger partial charge in [-0.15, -0.1) is 0 Å². The Morgan fingerprint density at radius 2 is 1.81 bits per heavy atom. The fraction of sp³-hybridized carbons (Fsp3) is 0.500. The summed E-state index contributed by atoms with van der Waals surface area (Å²) in [7, 11) is -1.72. The Morgan fingerprint density at radius 1 is 1.15 bits per heavy atom. The Hall–Kier alpha value is -1.49. The van der Waals surface area contributed by atoms with Crippen molar-refractivity contribution >= 4 is 25.3 Å². The first-order valence-electron chi connectivity index (χ1n) is 9.43. The molecule has 0 fully saturated rings. The summed E-state index contributed by atoms with van der Waals surface area (Å²) in [5, 5.41) is 11.0. The average molecular weight is 372 g/mol. The van der Waals surface area contributed by atoms with Gasteiger partial charge in [0.05, 0.1) is 17.3 Å². The predicted molar refractivity (Wildman–Crippen MR) is 114 cm³/mol. The molecule has 3 nitrogen and oxygen atoms in total. The molecule has 1 unspecified atom stereocenters. The Balaban J connectivity index is 2.06. The minimum absolute atomic E-state index is 0.215. The van der Waals surface area contributed by atoms with Gasteiger partial charge >= 0.3 is 0 Å². The highest BCUT2D eigenvalue weighted by Crippen LogP contribution is 2.37. The monoisotopic (exact) mass is 371 g/mol. The maximum atomic E-state index is 9.72. The molecule has 1 aromatic heterocycles. The highest BCUT2D eigenvalue weighted by atomic mass is 28.4. The van der Waals surface area contributed by atoms with Crippen LogP contribution in [0.4, 0.5) is 0 Å². The average Bonchev–Trinajstić information content (AvgIpc) is 2.52. The zero-order chi connectivity index (χ0) is 19.5. The quantitative estimate of drug-likeness (QED) is 0.624. The number of aliphatic hydroxyl groups is 1. The van der Waals surface area contributed by atoms with E-state index in [0.717, 1.165) is 22.9 Å². The van der Waals surface area contributed by atoms with Gasteiger partial charge < -0.3 is 9.53 Å². The molecule has 4 heteroatoms. The minimum Gasteiger partial charge on any atom is -0.414 e. The van der Waals surface area contributed by atoms with Gasteiger partial charge in [-0.2, -0.15) is 0 Å². The van der Waals surface area contributed by atoms with Crippen molar-refractivity contribution in [3.05, 3.63) is 47.7 Å². The number of aliphatic hydroxyl groups excluding tert-OH is 1. The number of pyridine rings is 1. The lowest BCUT2D eigenvalue weighted by Gasteiger charge is -2.38. The van der Waals surface area contributed by atoms with Gasteiger partial charge in [-0.1, -0.05) is 51.1 Å². The van der Waals surface area contributed by atoms with Gasteiger partial charge in [-0.3, -0.25) is 4.98 Å². The summed E-state index contributed by atoms with van der Waals surface area (Å²) in [5.74, 6) is 0. The van der Waals surface area contributed by atoms with Gasteiger partial charge in [0.1, 0.15) is 0 Å². The molecule has 2 aromatic rings. The molecule has 0 aliphatic carbocycles. The van der Waals surface area contributed by atoms with E-state index in [-0.39, 0.29) is 11.1 Å². The largest absolute Gasteiger partial charge is 0.414 e. The molecule has 2 atom stereocenters. The van der Waals surface area contributed by atoms with Gasteiger partial charge in [0.2, 0.25) is 0 Å². The van der Waals surface area contributed by atoms with Crippen LogP contribution in [-0.4, -0.2) is 24.5 Å². The summed E-state index contributed by atoms with van der Waals surface area (Å²) in [4.78, 5) is 4.55. The number of rotatable bonds is 6. The maximum Gasteiger partial charge on any atom is 0.192 e. The van der Waals surface area contributed by atoms with Crippen molar-refractivity contribution in [1.29, 1.82) is 0 Å². The summed E-state index contributed by atoms with van der Waals surface area (Å²) in [6, 6.07) is 10.1. The van der Waals surface area contributed by atoms with Crippen LogP contribution in [0, 0.1) is 0 Å². The third kappa shape index (κ3) is 5.26. The number of benzene rings is 1. The lowest BCUT2D eigenvalue weighted by atomic mass is 10.1. The van der Waals surface area contributed by atoms with E-state index >= 15 is 0 Å². The molecule has 0 aliphatic heterocycles. The Labute approximate surface area is 159 Å². The second-order valence-corrected chi connectivity index (χ2v) is 13.4. The molecular weight excluding hydrogens is 338 g/mol. The van der Waals surface area contributed by atoms with Gasteiger partial charge in [0.15, 0.2) is 8.32 Å². The van der Waals surface area contributed by atoms with Crippen LogP contribution in [0.3, 0.4) is 0 Å². The van der Waals surface area contributed by atoms with Crippen LogP contribution in [0.25, 0.3) is 17.0 Å². The fourth-order valence-electron chi connectivity index (χ4n) is 2.61. The van der Waals surface area contributed by atoms with Crippen molar-refractivity contribution in [2.75, 3.05) is 0 Å². The summed E-state index contributed by atoms with van der Waals surface area (Å²) in [6.07, 6.45) is 4.87. The molecule has 0 saturated heterocycles. The number of nitrogens with zero attached hydrogens (tertiary/aromatic N) is 1. The van der Waals surface area contributed by atoms with E-state index in [2.05, 4.69) is 76.1 Å². The van der Waals surface area contributed by atoms with Crippen molar-refractivity contribution < 1.29 is 9.53 Å². The van der Waals surface area contributed by atoms with E-state index in [1.165, 1.54) is 0 Å². The second kappa shape index (κ2) is 8.03. The van der Waals surface area contributed by atoms with E-state index in [9.17, 15) is 5.11 Å². The van der Waals surface area contributed by atoms with E-state index in [1.807, 2.05) is 12.1 Å². The summed E-state index contributed by atoms with van der Waals surface area (Å²) in [5.41, 5.74) is 2.73. The van der Waals surface area contributed by atoms with Crippen molar-refractivity contribution in [2.45, 2.75) is 71.4 Å². The van der Waals surface area contributed by atoms with E-state index in [1.54, 1.807) is 6.92 Å². The Bertz CT molecular complexity index is 775. The highest BCUT2D eigenvalue weighted by molar-refractivity contribution is 6.74. The molecule has 0 aliphatic rings. The van der Waals surface area contributed by atoms with E-state index < -0.39 is 14.4 Å². The van der Waals surface area contributed by atoms with Gasteiger partial charge in [0, 0.05) is 11.5 Å². The first kappa shape index (κ1) is 20.8. The lowest BCUT2D eigenvalue weighted by molar-refractivity contribution is 0.195. The fourth-order valence-corrected chi connectivity index (χ4v) is 4.07. The summed E-state index contributed by atoms with van der Waals surface area (Å²) >= 11 is 0. The molecule has 1 heterocycles. The first-order valence-corrected chi connectivity index (χ1v) is 12.3. The number of hydrogen-bond donors (Lipinski definition) is 1. The summed E-state index contributed by atoms with van der Waals surface area (Å²) < 4.78 is 6.40. The van der Waals surface area contributed by atoms with E-state index in [0.29, 0.717) is 5.69 Å². The van der Waals surface area contributed by atoms with Gasteiger partial charge in [0.25, 0.3) is 0 Å². The number of fused-ring (bicyclic) bond motifs is 1. The third-order valence-corrected chi connectivity index (χ3v) is 9.85. The molecule has 0 amide bonds. The molecule has 0 spiro atoms. The number of hydrogen-bond acceptors (Lipinski definition) is 3. The topological polar surface area (TPSA) is 42.4 Å². The molecule has 0 radical (unpaired) electrons. The van der Waals surface area contributed by atoms with Crippen molar-refractivity contribution in [3.63, 3.8) is 0 Å². The van der Waals surface area contributed by atoms with Crippen LogP contribution in [-0.2, 0) is 4.43 Å². The molecule has 1 N–H and O–H groups in total. The SMILES string of the molecule is CC(C/C=C/c1ccc2ccc([C@@H](C)O)nc2c1)O[Si](C)(C)C(C)(C)C. The molecule has 26 heavy (non-hydrogen) atoms. The van der Waals surface area contributed by atoms with Gasteiger partial charge in [-0.05, 0) is 56.1 Å². The predicted octanol–water partition coefficient (Wildman–Crippen LogP) is 6.10. The standard InChI is InChI=1S/C22H33NO2Si/c1-16(25-26(6,7)22(3,4)5)9-8-10-18-11-12-19-13-14-20(17(2)24)23-21(19)15-18/h8,10-17,24H,9H2,1-7H3/b10-8+/t16?,17-/m1/s1. The molecule has 2 rings (SSSR count). The van der Waals surface area contributed by atoms with Crippen molar-refractivity contribution in [1.82, 2.24) is 4.98 Å². The molecule has 142 valence electrons. The van der Waals surface area contributed by atoms with Crippen LogP contribution >= 0.6 is 0 Å². The molecular formula is C22H33NO2Si. The lowest BCUT2D eigenvalue weighted by Crippen LogP contribution is -2.43. The first-order chi connectivity index (χ1) is 12.0. The third-order valence-electron chi connectivity index (χ3n) is 5.25. The smallest absolute Gasteiger partial charge is 0.192 e. The van der Waals surface area contributed by atoms with Crippen LogP contribution < -0.4 is 0 Å². The van der Waals surface area contributed by atoms with Crippen LogP contribution in [0.2, 0.25) is 18.1 Å². The maximum absolute atomic E-state index is 9.72. The Morgan fingerprint density at radius 3 is 2.42 bits per heavy atom. The summed E-state index contributed by atoms with van der Waals surface area (Å²) in [6.45, 7) is 15.3. The Kier molecular flexibility index (Phi) is 6.43. The van der Waals surface area contributed by atoms with Crippen molar-refractivity contribution in [2.24, 2.45) is 0 Å². The zero-order valence-corrected chi connectivity index (χ0v) is 18.2. The number of aromatic nitrogens is 1. The van der Waals surface area contributed by atoms with Crippen LogP contribution in [0.5, 0.6) is 0 Å². The minimum atomic E-state index is -1.72.